The van der Waals surface area contributed by atoms with Crippen LogP contribution in [-0.2, 0) is 0 Å². The van der Waals surface area contributed by atoms with Crippen LogP contribution < -0.4 is 5.32 Å². The van der Waals surface area contributed by atoms with Gasteiger partial charge in [0.1, 0.15) is 5.58 Å². The number of nitrogens with one attached hydrogen (secondary N) is 1. The maximum absolute atomic E-state index is 12.5. The molecule has 3 aromatic rings. The topological polar surface area (TPSA) is 42.2 Å². The van der Waals surface area contributed by atoms with Crippen molar-refractivity contribution in [2.45, 2.75) is 20.8 Å². The highest BCUT2D eigenvalue weighted by molar-refractivity contribution is 9.10. The van der Waals surface area contributed by atoms with Gasteiger partial charge in [0.05, 0.1) is 0 Å². The van der Waals surface area contributed by atoms with Crippen LogP contribution >= 0.6 is 15.9 Å². The number of benzene rings is 2. The minimum atomic E-state index is -0.227. The van der Waals surface area contributed by atoms with Crippen molar-refractivity contribution in [3.05, 3.63) is 63.3 Å². The third kappa shape index (κ3) is 2.79. The summed E-state index contributed by atoms with van der Waals surface area (Å²) in [4.78, 5) is 12.5. The normalized spacial score (nSPS) is 10.9. The summed E-state index contributed by atoms with van der Waals surface area (Å²) in [6.45, 7) is 5.91. The first-order chi connectivity index (χ1) is 10.4. The van der Waals surface area contributed by atoms with Crippen LogP contribution in [0.5, 0.6) is 0 Å². The van der Waals surface area contributed by atoms with E-state index >= 15 is 0 Å². The third-order valence-corrected chi connectivity index (χ3v) is 4.08. The van der Waals surface area contributed by atoms with E-state index in [0.717, 1.165) is 32.2 Å². The fourth-order valence-corrected chi connectivity index (χ4v) is 3.01. The van der Waals surface area contributed by atoms with E-state index in [-0.39, 0.29) is 5.91 Å². The summed E-state index contributed by atoms with van der Waals surface area (Å²) in [7, 11) is 0. The Morgan fingerprint density at radius 2 is 1.73 bits per heavy atom. The molecule has 1 N–H and O–H groups in total. The zero-order valence-electron chi connectivity index (χ0n) is 12.7. The maximum atomic E-state index is 12.5. The number of aryl methyl sites for hydroxylation is 3. The summed E-state index contributed by atoms with van der Waals surface area (Å²) < 4.78 is 6.68. The predicted molar refractivity (Wildman–Crippen MR) is 92.5 cm³/mol. The number of hydrogen-bond acceptors (Lipinski definition) is 2. The van der Waals surface area contributed by atoms with Gasteiger partial charge in [-0.15, -0.1) is 0 Å². The summed E-state index contributed by atoms with van der Waals surface area (Å²) >= 11 is 3.44. The van der Waals surface area contributed by atoms with Gasteiger partial charge in [-0.05, 0) is 62.2 Å². The Labute approximate surface area is 137 Å². The second-order valence-electron chi connectivity index (χ2n) is 5.53. The molecule has 4 heteroatoms. The lowest BCUT2D eigenvalue weighted by atomic mass is 10.1. The molecule has 0 saturated carbocycles. The summed E-state index contributed by atoms with van der Waals surface area (Å²) in [6, 6.07) is 11.7. The Morgan fingerprint density at radius 3 is 2.41 bits per heavy atom. The van der Waals surface area contributed by atoms with Gasteiger partial charge in [0, 0.05) is 21.1 Å². The van der Waals surface area contributed by atoms with Crippen molar-refractivity contribution in [1.29, 1.82) is 0 Å². The van der Waals surface area contributed by atoms with Crippen LogP contribution in [0.25, 0.3) is 11.0 Å². The average Bonchev–Trinajstić information content (AvgIpc) is 2.75. The van der Waals surface area contributed by atoms with Crippen molar-refractivity contribution >= 4 is 38.5 Å². The Bertz CT molecular complexity index is 860. The summed E-state index contributed by atoms with van der Waals surface area (Å²) in [6.07, 6.45) is 0. The lowest BCUT2D eigenvalue weighted by Gasteiger charge is -2.06. The van der Waals surface area contributed by atoms with Crippen LogP contribution in [0.1, 0.15) is 27.2 Å². The number of halogens is 1. The molecule has 2 aromatic carbocycles. The van der Waals surface area contributed by atoms with Crippen LogP contribution in [0.3, 0.4) is 0 Å². The van der Waals surface area contributed by atoms with E-state index in [1.165, 1.54) is 0 Å². The Hall–Kier alpha value is -2.07. The van der Waals surface area contributed by atoms with Crippen molar-refractivity contribution < 1.29 is 9.21 Å². The molecule has 0 aliphatic carbocycles. The minimum absolute atomic E-state index is 0.227. The number of rotatable bonds is 2. The van der Waals surface area contributed by atoms with Crippen molar-refractivity contribution in [2.75, 3.05) is 5.32 Å². The highest BCUT2D eigenvalue weighted by Gasteiger charge is 2.18. The van der Waals surface area contributed by atoms with Gasteiger partial charge in [-0.3, -0.25) is 4.79 Å². The third-order valence-electron chi connectivity index (χ3n) is 3.58. The zero-order chi connectivity index (χ0) is 15.9. The second-order valence-corrected chi connectivity index (χ2v) is 6.44. The van der Waals surface area contributed by atoms with Gasteiger partial charge in [-0.2, -0.15) is 0 Å². The number of fused-ring (bicyclic) bond motifs is 1. The molecule has 3 nitrogen and oxygen atoms in total. The van der Waals surface area contributed by atoms with Crippen molar-refractivity contribution in [1.82, 2.24) is 0 Å². The van der Waals surface area contributed by atoms with Gasteiger partial charge in [-0.25, -0.2) is 0 Å². The lowest BCUT2D eigenvalue weighted by molar-refractivity contribution is 0.0998. The van der Waals surface area contributed by atoms with Crippen LogP contribution in [0.4, 0.5) is 5.69 Å². The second kappa shape index (κ2) is 5.61. The van der Waals surface area contributed by atoms with Gasteiger partial charge in [-0.1, -0.05) is 22.0 Å². The molecule has 22 heavy (non-hydrogen) atoms. The summed E-state index contributed by atoms with van der Waals surface area (Å²) in [5, 5.41) is 3.86. The average molecular weight is 358 g/mol. The standard InChI is InChI=1S/C18H16BrNO2/c1-10-6-11(2)8-14(7-10)20-18(21)17-12(3)15-9-13(19)4-5-16(15)22-17/h4-9H,1-3H3,(H,20,21). The molecule has 0 aliphatic rings. The van der Waals surface area contributed by atoms with Crippen LogP contribution in [0.15, 0.2) is 45.3 Å². The molecule has 112 valence electrons. The SMILES string of the molecule is Cc1cc(C)cc(NC(=O)c2oc3ccc(Br)cc3c2C)c1. The van der Waals surface area contributed by atoms with Crippen molar-refractivity contribution in [2.24, 2.45) is 0 Å². The summed E-state index contributed by atoms with van der Waals surface area (Å²) in [5.74, 6) is 0.127. The van der Waals surface area contributed by atoms with E-state index in [9.17, 15) is 4.79 Å². The smallest absolute Gasteiger partial charge is 0.291 e. The monoisotopic (exact) mass is 357 g/mol. The fraction of sp³-hybridized carbons (Fsp3) is 0.167. The number of hydrogen-bond donors (Lipinski definition) is 1. The molecule has 0 aliphatic heterocycles. The first-order valence-electron chi connectivity index (χ1n) is 7.02. The molecule has 1 amide bonds. The number of carbonyl (C=O) groups is 1. The van der Waals surface area contributed by atoms with E-state index in [0.29, 0.717) is 11.3 Å². The van der Waals surface area contributed by atoms with Gasteiger partial charge in [0.25, 0.3) is 5.91 Å². The molecule has 0 atom stereocenters. The van der Waals surface area contributed by atoms with Gasteiger partial charge in [0.15, 0.2) is 5.76 Å². The molecule has 0 spiro atoms. The van der Waals surface area contributed by atoms with Crippen LogP contribution in [0.2, 0.25) is 0 Å². The van der Waals surface area contributed by atoms with E-state index in [1.54, 1.807) is 0 Å². The van der Waals surface area contributed by atoms with E-state index < -0.39 is 0 Å². The lowest BCUT2D eigenvalue weighted by Crippen LogP contribution is -2.12. The number of anilines is 1. The molecule has 0 bridgehead atoms. The van der Waals surface area contributed by atoms with Gasteiger partial charge in [0.2, 0.25) is 0 Å². The fourth-order valence-electron chi connectivity index (χ4n) is 2.64. The summed E-state index contributed by atoms with van der Waals surface area (Å²) in [5.41, 5.74) is 4.56. The molecular weight excluding hydrogens is 342 g/mol. The molecule has 0 saturated heterocycles. The molecule has 0 fully saturated rings. The first-order valence-corrected chi connectivity index (χ1v) is 7.81. The first kappa shape index (κ1) is 14.9. The Morgan fingerprint density at radius 1 is 1.05 bits per heavy atom. The Balaban J connectivity index is 1.96. The molecule has 1 heterocycles. The Kier molecular flexibility index (Phi) is 3.79. The van der Waals surface area contributed by atoms with E-state index in [4.69, 9.17) is 4.42 Å². The molecular formula is C18H16BrNO2. The maximum Gasteiger partial charge on any atom is 0.291 e. The van der Waals surface area contributed by atoms with E-state index in [2.05, 4.69) is 27.3 Å². The highest BCUT2D eigenvalue weighted by atomic mass is 79.9. The van der Waals surface area contributed by atoms with Crippen molar-refractivity contribution in [3.8, 4) is 0 Å². The zero-order valence-corrected chi connectivity index (χ0v) is 14.2. The van der Waals surface area contributed by atoms with Gasteiger partial charge < -0.3 is 9.73 Å². The number of carbonyl (C=O) groups excluding carboxylic acids is 1. The largest absolute Gasteiger partial charge is 0.451 e. The molecule has 1 aromatic heterocycles. The minimum Gasteiger partial charge on any atom is -0.451 e. The van der Waals surface area contributed by atoms with Crippen LogP contribution in [0, 0.1) is 20.8 Å². The van der Waals surface area contributed by atoms with E-state index in [1.807, 2.05) is 51.1 Å². The number of amides is 1. The van der Waals surface area contributed by atoms with Crippen LogP contribution in [-0.4, -0.2) is 5.91 Å². The predicted octanol–water partition coefficient (Wildman–Crippen LogP) is 5.37. The quantitative estimate of drug-likeness (QED) is 0.669. The highest BCUT2D eigenvalue weighted by Crippen LogP contribution is 2.28. The van der Waals surface area contributed by atoms with Gasteiger partial charge >= 0.3 is 0 Å². The van der Waals surface area contributed by atoms with Crippen molar-refractivity contribution in [3.63, 3.8) is 0 Å². The molecule has 0 radical (unpaired) electrons. The molecule has 0 unspecified atom stereocenters. The molecule has 3 rings (SSSR count). The number of furan rings is 1.